The van der Waals surface area contributed by atoms with E-state index in [1.165, 1.54) is 26.2 Å². The molecule has 1 aliphatic rings. The van der Waals surface area contributed by atoms with Crippen molar-refractivity contribution >= 4 is 17.6 Å². The summed E-state index contributed by atoms with van der Waals surface area (Å²) in [7, 11) is 1.48. The Bertz CT molecular complexity index is 856. The molecule has 2 aromatic rings. The fraction of sp³-hybridized carbons (Fsp3) is 0.350. The van der Waals surface area contributed by atoms with Crippen LogP contribution in [0, 0.1) is 11.7 Å². The van der Waals surface area contributed by atoms with Crippen LogP contribution in [0.5, 0.6) is 5.75 Å². The Labute approximate surface area is 157 Å². The summed E-state index contributed by atoms with van der Waals surface area (Å²) in [5, 5.41) is 5.70. The molecule has 6 nitrogen and oxygen atoms in total. The molecule has 1 heterocycles. The van der Waals surface area contributed by atoms with Crippen LogP contribution in [0.3, 0.4) is 0 Å². The van der Waals surface area contributed by atoms with Crippen molar-refractivity contribution in [2.45, 2.75) is 32.2 Å². The van der Waals surface area contributed by atoms with E-state index >= 15 is 0 Å². The lowest BCUT2D eigenvalue weighted by Crippen LogP contribution is -2.31. The largest absolute Gasteiger partial charge is 0.496 e. The molecule has 0 aliphatic heterocycles. The van der Waals surface area contributed by atoms with Crippen molar-refractivity contribution in [3.8, 4) is 16.9 Å². The second kappa shape index (κ2) is 8.16. The normalized spacial score (nSPS) is 18.8. The number of hydrogen-bond donors (Lipinski definition) is 2. The topological polar surface area (TPSA) is 80.3 Å². The van der Waals surface area contributed by atoms with E-state index in [2.05, 4.69) is 15.6 Å². The molecule has 2 atom stereocenters. The molecule has 142 valence electrons. The average molecular weight is 371 g/mol. The maximum absolute atomic E-state index is 13.4. The van der Waals surface area contributed by atoms with Crippen LogP contribution in [0.25, 0.3) is 11.1 Å². The van der Waals surface area contributed by atoms with Crippen LogP contribution in [0.1, 0.15) is 26.2 Å². The van der Waals surface area contributed by atoms with E-state index in [1.54, 1.807) is 24.4 Å². The summed E-state index contributed by atoms with van der Waals surface area (Å²) in [6.07, 6.45) is 3.72. The predicted octanol–water partition coefficient (Wildman–Crippen LogP) is 3.14. The standard InChI is InChI=1S/C20H22FN3O3/c1-12(25)23-16-5-3-14(9-16)20(26)24-19-10-13(7-8-22-19)17-6-4-15(21)11-18(17)27-2/h4,6-8,10-11,14,16H,3,5,9H2,1-2H3,(H,23,25)(H,22,24,26)/t14-,16+/m1/s1. The summed E-state index contributed by atoms with van der Waals surface area (Å²) in [5.41, 5.74) is 1.48. The van der Waals surface area contributed by atoms with E-state index < -0.39 is 0 Å². The number of aromatic nitrogens is 1. The number of nitrogens with one attached hydrogen (secondary N) is 2. The zero-order valence-electron chi connectivity index (χ0n) is 15.3. The predicted molar refractivity (Wildman–Crippen MR) is 99.8 cm³/mol. The van der Waals surface area contributed by atoms with Crippen molar-refractivity contribution < 1.29 is 18.7 Å². The summed E-state index contributed by atoms with van der Waals surface area (Å²) in [6.45, 7) is 1.48. The molecule has 1 aliphatic carbocycles. The van der Waals surface area contributed by atoms with Gasteiger partial charge in [-0.05, 0) is 49.1 Å². The van der Waals surface area contributed by atoms with Gasteiger partial charge in [-0.1, -0.05) is 0 Å². The van der Waals surface area contributed by atoms with Crippen LogP contribution >= 0.6 is 0 Å². The Kier molecular flexibility index (Phi) is 5.69. The number of amides is 2. The van der Waals surface area contributed by atoms with Crippen LogP contribution in [0.15, 0.2) is 36.5 Å². The second-order valence-corrected chi connectivity index (χ2v) is 6.67. The van der Waals surface area contributed by atoms with Crippen LogP contribution < -0.4 is 15.4 Å². The zero-order valence-corrected chi connectivity index (χ0v) is 15.3. The Balaban J connectivity index is 1.71. The van der Waals surface area contributed by atoms with Crippen LogP contribution in [0.2, 0.25) is 0 Å². The van der Waals surface area contributed by atoms with Crippen LogP contribution in [-0.4, -0.2) is 29.9 Å². The van der Waals surface area contributed by atoms with Gasteiger partial charge in [0, 0.05) is 36.7 Å². The molecule has 3 rings (SSSR count). The first-order valence-electron chi connectivity index (χ1n) is 8.84. The fourth-order valence-corrected chi connectivity index (χ4v) is 3.44. The number of carbonyl (C=O) groups is 2. The van der Waals surface area contributed by atoms with E-state index in [0.29, 0.717) is 23.6 Å². The van der Waals surface area contributed by atoms with Crippen molar-refractivity contribution in [2.24, 2.45) is 5.92 Å². The number of rotatable bonds is 5. The van der Waals surface area contributed by atoms with Crippen molar-refractivity contribution in [3.05, 3.63) is 42.3 Å². The molecule has 0 spiro atoms. The summed E-state index contributed by atoms with van der Waals surface area (Å²) >= 11 is 0. The molecular formula is C20H22FN3O3. The van der Waals surface area contributed by atoms with Crippen molar-refractivity contribution in [1.29, 1.82) is 0 Å². The van der Waals surface area contributed by atoms with E-state index in [4.69, 9.17) is 4.74 Å². The van der Waals surface area contributed by atoms with Gasteiger partial charge in [-0.3, -0.25) is 9.59 Å². The number of hydrogen-bond acceptors (Lipinski definition) is 4. The smallest absolute Gasteiger partial charge is 0.228 e. The second-order valence-electron chi connectivity index (χ2n) is 6.67. The molecule has 1 saturated carbocycles. The van der Waals surface area contributed by atoms with Gasteiger partial charge in [0.15, 0.2) is 0 Å². The summed E-state index contributed by atoms with van der Waals surface area (Å²) in [5.74, 6) is 0.0994. The lowest BCUT2D eigenvalue weighted by Gasteiger charge is -2.13. The highest BCUT2D eigenvalue weighted by atomic mass is 19.1. The first kappa shape index (κ1) is 18.8. The first-order chi connectivity index (χ1) is 13.0. The molecule has 0 unspecified atom stereocenters. The monoisotopic (exact) mass is 371 g/mol. The Morgan fingerprint density at radius 1 is 1.22 bits per heavy atom. The quantitative estimate of drug-likeness (QED) is 0.846. The van der Waals surface area contributed by atoms with Gasteiger partial charge in [-0.25, -0.2) is 9.37 Å². The van der Waals surface area contributed by atoms with Gasteiger partial charge < -0.3 is 15.4 Å². The van der Waals surface area contributed by atoms with E-state index in [-0.39, 0.29) is 29.6 Å². The molecule has 0 radical (unpaired) electrons. The Morgan fingerprint density at radius 3 is 2.78 bits per heavy atom. The summed E-state index contributed by atoms with van der Waals surface area (Å²) in [4.78, 5) is 27.9. The maximum Gasteiger partial charge on any atom is 0.228 e. The number of halogens is 1. The number of benzene rings is 1. The molecule has 27 heavy (non-hydrogen) atoms. The number of pyridine rings is 1. The number of methoxy groups -OCH3 is 1. The van der Waals surface area contributed by atoms with Gasteiger partial charge in [-0.2, -0.15) is 0 Å². The number of anilines is 1. The van der Waals surface area contributed by atoms with Crippen molar-refractivity contribution in [3.63, 3.8) is 0 Å². The minimum atomic E-state index is -0.381. The number of carbonyl (C=O) groups excluding carboxylic acids is 2. The van der Waals surface area contributed by atoms with Crippen molar-refractivity contribution in [1.82, 2.24) is 10.3 Å². The molecule has 7 heteroatoms. The summed E-state index contributed by atoms with van der Waals surface area (Å²) < 4.78 is 18.7. The van der Waals surface area contributed by atoms with Crippen molar-refractivity contribution in [2.75, 3.05) is 12.4 Å². The Morgan fingerprint density at radius 2 is 2.04 bits per heavy atom. The highest BCUT2D eigenvalue weighted by Crippen LogP contribution is 2.32. The molecule has 1 aromatic heterocycles. The Hall–Kier alpha value is -2.96. The third kappa shape index (κ3) is 4.61. The fourth-order valence-electron chi connectivity index (χ4n) is 3.44. The van der Waals surface area contributed by atoms with E-state index in [0.717, 1.165) is 18.4 Å². The highest BCUT2D eigenvalue weighted by molar-refractivity contribution is 5.92. The van der Waals surface area contributed by atoms with E-state index in [1.807, 2.05) is 0 Å². The third-order valence-corrected chi connectivity index (χ3v) is 4.70. The summed E-state index contributed by atoms with van der Waals surface area (Å²) in [6, 6.07) is 7.85. The third-order valence-electron chi connectivity index (χ3n) is 4.70. The van der Waals surface area contributed by atoms with Gasteiger partial charge in [0.2, 0.25) is 11.8 Å². The maximum atomic E-state index is 13.4. The van der Waals surface area contributed by atoms with E-state index in [9.17, 15) is 14.0 Å². The molecule has 1 aromatic carbocycles. The zero-order chi connectivity index (χ0) is 19.4. The average Bonchev–Trinajstić information content (AvgIpc) is 3.09. The van der Waals surface area contributed by atoms with Gasteiger partial charge >= 0.3 is 0 Å². The minimum Gasteiger partial charge on any atom is -0.496 e. The lowest BCUT2D eigenvalue weighted by molar-refractivity contribution is -0.121. The van der Waals surface area contributed by atoms with Crippen LogP contribution in [0.4, 0.5) is 10.2 Å². The first-order valence-corrected chi connectivity index (χ1v) is 8.84. The molecule has 2 amide bonds. The van der Waals surface area contributed by atoms with Gasteiger partial charge in [-0.15, -0.1) is 0 Å². The minimum absolute atomic E-state index is 0.0426. The van der Waals surface area contributed by atoms with Gasteiger partial charge in [0.05, 0.1) is 7.11 Å². The number of ether oxygens (including phenoxy) is 1. The molecule has 1 fully saturated rings. The van der Waals surface area contributed by atoms with Crippen LogP contribution in [-0.2, 0) is 9.59 Å². The lowest BCUT2D eigenvalue weighted by atomic mass is 10.0. The van der Waals surface area contributed by atoms with Gasteiger partial charge in [0.25, 0.3) is 0 Å². The molecule has 2 N–H and O–H groups in total. The molecular weight excluding hydrogens is 349 g/mol. The van der Waals surface area contributed by atoms with Gasteiger partial charge in [0.1, 0.15) is 17.4 Å². The molecule has 0 bridgehead atoms. The SMILES string of the molecule is COc1cc(F)ccc1-c1ccnc(NC(=O)[C@@H]2CC[C@H](NC(C)=O)C2)c1. The highest BCUT2D eigenvalue weighted by Gasteiger charge is 2.30. The number of nitrogens with zero attached hydrogens (tertiary/aromatic N) is 1. The molecule has 0 saturated heterocycles.